The Balaban J connectivity index is 1.75. The largest absolute Gasteiger partial charge is 0.395 e. The van der Waals surface area contributed by atoms with Crippen LogP contribution in [0.2, 0.25) is 0 Å². The molecule has 0 bridgehead atoms. The lowest BCUT2D eigenvalue weighted by Crippen LogP contribution is -2.49. The second-order valence-corrected chi connectivity index (χ2v) is 5.91. The smallest absolute Gasteiger partial charge is 0.137 e. The Bertz CT molecular complexity index is 275. The van der Waals surface area contributed by atoms with Crippen LogP contribution in [-0.2, 0) is 4.79 Å². The van der Waals surface area contributed by atoms with Crippen molar-refractivity contribution in [1.29, 1.82) is 0 Å². The normalized spacial score (nSPS) is 31.8. The van der Waals surface area contributed by atoms with Gasteiger partial charge in [-0.3, -0.25) is 9.69 Å². The maximum Gasteiger partial charge on any atom is 0.137 e. The van der Waals surface area contributed by atoms with Gasteiger partial charge in [0.15, 0.2) is 0 Å². The molecule has 104 valence electrons. The van der Waals surface area contributed by atoms with Gasteiger partial charge >= 0.3 is 0 Å². The Labute approximate surface area is 110 Å². The predicted octanol–water partition coefficient (Wildman–Crippen LogP) is 0.602. The molecule has 2 fully saturated rings. The van der Waals surface area contributed by atoms with Crippen molar-refractivity contribution in [3.63, 3.8) is 0 Å². The number of aliphatic hydroxyl groups is 1. The topological polar surface area (TPSA) is 43.8 Å². The van der Waals surface area contributed by atoms with Gasteiger partial charge in [0.2, 0.25) is 0 Å². The number of β-amino-alcohol motifs (C(OH)–C–C–N with tert-alkyl or cyclic N) is 1. The van der Waals surface area contributed by atoms with Gasteiger partial charge in [0.1, 0.15) is 5.78 Å². The average Bonchev–Trinajstić information content (AvgIpc) is 2.37. The SMILES string of the molecule is CC1CCC(=O)C(CN2CCN(CCO)CC2)C1. The van der Waals surface area contributed by atoms with Crippen molar-refractivity contribution in [3.05, 3.63) is 0 Å². The molecule has 2 atom stereocenters. The van der Waals surface area contributed by atoms with Crippen LogP contribution in [0.3, 0.4) is 0 Å². The van der Waals surface area contributed by atoms with E-state index < -0.39 is 0 Å². The maximum absolute atomic E-state index is 11.9. The zero-order valence-electron chi connectivity index (χ0n) is 11.5. The van der Waals surface area contributed by atoms with E-state index in [-0.39, 0.29) is 12.5 Å². The van der Waals surface area contributed by atoms with Crippen LogP contribution in [0.5, 0.6) is 0 Å². The Morgan fingerprint density at radius 1 is 1.22 bits per heavy atom. The summed E-state index contributed by atoms with van der Waals surface area (Å²) in [7, 11) is 0. The lowest BCUT2D eigenvalue weighted by Gasteiger charge is -2.37. The van der Waals surface area contributed by atoms with Crippen LogP contribution < -0.4 is 0 Å². The van der Waals surface area contributed by atoms with Crippen molar-refractivity contribution in [1.82, 2.24) is 9.80 Å². The van der Waals surface area contributed by atoms with Gasteiger partial charge in [-0.05, 0) is 18.8 Å². The zero-order valence-corrected chi connectivity index (χ0v) is 11.5. The Hall–Kier alpha value is -0.450. The molecule has 1 saturated carbocycles. The van der Waals surface area contributed by atoms with Crippen molar-refractivity contribution in [2.24, 2.45) is 11.8 Å². The van der Waals surface area contributed by atoms with E-state index in [9.17, 15) is 4.79 Å². The van der Waals surface area contributed by atoms with Gasteiger partial charge in [-0.25, -0.2) is 0 Å². The van der Waals surface area contributed by atoms with E-state index in [2.05, 4.69) is 16.7 Å². The molecule has 2 unspecified atom stereocenters. The summed E-state index contributed by atoms with van der Waals surface area (Å²) in [6, 6.07) is 0. The minimum absolute atomic E-state index is 0.249. The molecule has 1 N–H and O–H groups in total. The molecule has 18 heavy (non-hydrogen) atoms. The fourth-order valence-electron chi connectivity index (χ4n) is 3.15. The van der Waals surface area contributed by atoms with Gasteiger partial charge in [-0.2, -0.15) is 0 Å². The summed E-state index contributed by atoms with van der Waals surface area (Å²) in [5.41, 5.74) is 0. The number of Topliss-reactive ketones (excluding diaryl/α,β-unsaturated/α-hetero) is 1. The van der Waals surface area contributed by atoms with Crippen LogP contribution in [0.25, 0.3) is 0 Å². The molecular formula is C14H26N2O2. The first-order chi connectivity index (χ1) is 8.69. The van der Waals surface area contributed by atoms with Gasteiger partial charge in [-0.1, -0.05) is 6.92 Å². The van der Waals surface area contributed by atoms with E-state index in [0.717, 1.165) is 58.5 Å². The molecule has 0 amide bonds. The van der Waals surface area contributed by atoms with Crippen molar-refractivity contribution in [2.75, 3.05) is 45.9 Å². The molecule has 4 heteroatoms. The molecule has 0 aromatic heterocycles. The third-order valence-electron chi connectivity index (χ3n) is 4.39. The third-order valence-corrected chi connectivity index (χ3v) is 4.39. The van der Waals surface area contributed by atoms with E-state index in [1.54, 1.807) is 0 Å². The summed E-state index contributed by atoms with van der Waals surface area (Å²) in [4.78, 5) is 16.6. The molecule has 0 aromatic carbocycles. The number of aliphatic hydroxyl groups excluding tert-OH is 1. The van der Waals surface area contributed by atoms with Crippen LogP contribution in [0, 0.1) is 11.8 Å². The summed E-state index contributed by atoms with van der Waals surface area (Å²) in [6.45, 7) is 8.38. The average molecular weight is 254 g/mol. The first kappa shape index (κ1) is 14.0. The van der Waals surface area contributed by atoms with Crippen molar-refractivity contribution in [3.8, 4) is 0 Å². The number of rotatable bonds is 4. The standard InChI is InChI=1S/C14H26N2O2/c1-12-2-3-14(18)13(10-12)11-16-6-4-15(5-7-16)8-9-17/h12-13,17H,2-11H2,1H3. The highest BCUT2D eigenvalue weighted by molar-refractivity contribution is 5.81. The van der Waals surface area contributed by atoms with Crippen molar-refractivity contribution < 1.29 is 9.90 Å². The number of hydrogen-bond donors (Lipinski definition) is 1. The summed E-state index contributed by atoms with van der Waals surface area (Å²) in [5, 5.41) is 8.91. The van der Waals surface area contributed by atoms with E-state index in [1.165, 1.54) is 0 Å². The van der Waals surface area contributed by atoms with Crippen LogP contribution in [0.15, 0.2) is 0 Å². The highest BCUT2D eigenvalue weighted by Gasteiger charge is 2.29. The monoisotopic (exact) mass is 254 g/mol. The zero-order chi connectivity index (χ0) is 13.0. The van der Waals surface area contributed by atoms with E-state index in [0.29, 0.717) is 11.7 Å². The Kier molecular flexibility index (Phi) is 5.15. The number of piperazine rings is 1. The van der Waals surface area contributed by atoms with Crippen LogP contribution in [0.1, 0.15) is 26.2 Å². The number of carbonyl (C=O) groups is 1. The van der Waals surface area contributed by atoms with Crippen LogP contribution in [-0.4, -0.2) is 66.6 Å². The van der Waals surface area contributed by atoms with Crippen molar-refractivity contribution >= 4 is 5.78 Å². The molecular weight excluding hydrogens is 228 g/mol. The molecule has 2 aliphatic rings. The molecule has 0 radical (unpaired) electrons. The Morgan fingerprint density at radius 2 is 1.89 bits per heavy atom. The molecule has 0 spiro atoms. The van der Waals surface area contributed by atoms with Gasteiger partial charge in [-0.15, -0.1) is 0 Å². The number of hydrogen-bond acceptors (Lipinski definition) is 4. The van der Waals surface area contributed by atoms with Crippen molar-refractivity contribution in [2.45, 2.75) is 26.2 Å². The molecule has 1 heterocycles. The molecule has 0 aromatic rings. The molecule has 1 aliphatic carbocycles. The second-order valence-electron chi connectivity index (χ2n) is 5.91. The third kappa shape index (κ3) is 3.77. The quantitative estimate of drug-likeness (QED) is 0.798. The molecule has 1 aliphatic heterocycles. The highest BCUT2D eigenvalue weighted by atomic mass is 16.3. The van der Waals surface area contributed by atoms with E-state index >= 15 is 0 Å². The maximum atomic E-state index is 11.9. The van der Waals surface area contributed by atoms with Gasteiger partial charge < -0.3 is 10.0 Å². The lowest BCUT2D eigenvalue weighted by molar-refractivity contribution is -0.126. The predicted molar refractivity (Wildman–Crippen MR) is 71.5 cm³/mol. The molecule has 2 rings (SSSR count). The van der Waals surface area contributed by atoms with E-state index in [4.69, 9.17) is 5.11 Å². The minimum Gasteiger partial charge on any atom is -0.395 e. The fraction of sp³-hybridized carbons (Fsp3) is 0.929. The number of ketones is 1. The number of nitrogens with zero attached hydrogens (tertiary/aromatic N) is 2. The number of carbonyl (C=O) groups excluding carboxylic acids is 1. The fourth-order valence-corrected chi connectivity index (χ4v) is 3.15. The summed E-state index contributed by atoms with van der Waals surface area (Å²) < 4.78 is 0. The molecule has 1 saturated heterocycles. The van der Waals surface area contributed by atoms with Gasteiger partial charge in [0.25, 0.3) is 0 Å². The minimum atomic E-state index is 0.249. The summed E-state index contributed by atoms with van der Waals surface area (Å²) in [5.74, 6) is 1.47. The van der Waals surface area contributed by atoms with Crippen LogP contribution in [0.4, 0.5) is 0 Å². The van der Waals surface area contributed by atoms with E-state index in [1.807, 2.05) is 0 Å². The first-order valence-electron chi connectivity index (χ1n) is 7.27. The summed E-state index contributed by atoms with van der Waals surface area (Å²) >= 11 is 0. The molecule has 4 nitrogen and oxygen atoms in total. The van der Waals surface area contributed by atoms with Gasteiger partial charge in [0.05, 0.1) is 6.61 Å². The highest BCUT2D eigenvalue weighted by Crippen LogP contribution is 2.26. The first-order valence-corrected chi connectivity index (χ1v) is 7.27. The van der Waals surface area contributed by atoms with Gasteiger partial charge in [0, 0.05) is 51.6 Å². The Morgan fingerprint density at radius 3 is 2.56 bits per heavy atom. The van der Waals surface area contributed by atoms with Crippen LogP contribution >= 0.6 is 0 Å². The summed E-state index contributed by atoms with van der Waals surface area (Å²) in [6.07, 6.45) is 2.95. The lowest BCUT2D eigenvalue weighted by atomic mass is 9.81. The second kappa shape index (κ2) is 6.64.